The molecule has 0 fully saturated rings. The number of aromatic nitrogens is 1. The predicted octanol–water partition coefficient (Wildman–Crippen LogP) is 3.85. The van der Waals surface area contributed by atoms with Gasteiger partial charge in [0.2, 0.25) is 0 Å². The Balaban J connectivity index is 1.98. The molecule has 0 atom stereocenters. The molecule has 2 aromatic rings. The van der Waals surface area contributed by atoms with Gasteiger partial charge in [-0.3, -0.25) is 4.79 Å². The summed E-state index contributed by atoms with van der Waals surface area (Å²) in [4.78, 5) is 15.4. The molecule has 0 saturated heterocycles. The summed E-state index contributed by atoms with van der Waals surface area (Å²) in [5.41, 5.74) is 6.23. The monoisotopic (exact) mass is 285 g/mol. The van der Waals surface area contributed by atoms with Gasteiger partial charge in [0.15, 0.2) is 0 Å². The number of aryl methyl sites for hydroxylation is 3. The van der Waals surface area contributed by atoms with E-state index in [-0.39, 0.29) is 12.1 Å². The van der Waals surface area contributed by atoms with Crippen molar-refractivity contribution in [2.45, 2.75) is 59.0 Å². The van der Waals surface area contributed by atoms with Gasteiger partial charge < -0.3 is 9.72 Å². The molecule has 0 saturated carbocycles. The molecule has 21 heavy (non-hydrogen) atoms. The third-order valence-corrected chi connectivity index (χ3v) is 4.27. The Morgan fingerprint density at radius 2 is 1.90 bits per heavy atom. The SMILES string of the molecule is Cc1[nH]c2cc3c(cc2c1CC(=O)OC(C)C)CCCC3. The van der Waals surface area contributed by atoms with Crippen molar-refractivity contribution in [2.75, 3.05) is 0 Å². The maximum absolute atomic E-state index is 12.0. The lowest BCUT2D eigenvalue weighted by Gasteiger charge is -2.15. The molecule has 1 aromatic carbocycles. The molecule has 3 rings (SSSR count). The highest BCUT2D eigenvalue weighted by molar-refractivity contribution is 5.90. The van der Waals surface area contributed by atoms with Gasteiger partial charge in [-0.15, -0.1) is 0 Å². The van der Waals surface area contributed by atoms with Crippen LogP contribution >= 0.6 is 0 Å². The highest BCUT2D eigenvalue weighted by Crippen LogP contribution is 2.30. The summed E-state index contributed by atoms with van der Waals surface area (Å²) in [5, 5.41) is 1.19. The van der Waals surface area contributed by atoms with Crippen molar-refractivity contribution in [3.05, 3.63) is 34.5 Å². The summed E-state index contributed by atoms with van der Waals surface area (Å²) in [5.74, 6) is -0.147. The van der Waals surface area contributed by atoms with Gasteiger partial charge in [-0.2, -0.15) is 0 Å². The van der Waals surface area contributed by atoms with Crippen LogP contribution in [0, 0.1) is 6.92 Å². The van der Waals surface area contributed by atoms with E-state index in [0.29, 0.717) is 6.42 Å². The molecule has 1 aromatic heterocycles. The second-order valence-corrected chi connectivity index (χ2v) is 6.32. The quantitative estimate of drug-likeness (QED) is 0.870. The van der Waals surface area contributed by atoms with Gasteiger partial charge in [-0.1, -0.05) is 0 Å². The van der Waals surface area contributed by atoms with Crippen molar-refractivity contribution in [3.63, 3.8) is 0 Å². The molecule has 0 aliphatic heterocycles. The van der Waals surface area contributed by atoms with E-state index < -0.39 is 0 Å². The molecular weight excluding hydrogens is 262 g/mol. The Morgan fingerprint density at radius 3 is 2.57 bits per heavy atom. The van der Waals surface area contributed by atoms with Crippen LogP contribution in [0.3, 0.4) is 0 Å². The minimum Gasteiger partial charge on any atom is -0.463 e. The minimum atomic E-state index is -0.147. The Labute approximate surface area is 125 Å². The summed E-state index contributed by atoms with van der Waals surface area (Å²) in [6.07, 6.45) is 5.18. The second-order valence-electron chi connectivity index (χ2n) is 6.32. The van der Waals surface area contributed by atoms with Crippen molar-refractivity contribution in [1.29, 1.82) is 0 Å². The normalized spacial score (nSPS) is 14.5. The van der Waals surface area contributed by atoms with E-state index in [9.17, 15) is 4.79 Å². The van der Waals surface area contributed by atoms with E-state index in [1.165, 1.54) is 35.8 Å². The number of hydrogen-bond donors (Lipinski definition) is 1. The van der Waals surface area contributed by atoms with Crippen molar-refractivity contribution >= 4 is 16.9 Å². The zero-order chi connectivity index (χ0) is 15.0. The van der Waals surface area contributed by atoms with Gasteiger partial charge in [0.1, 0.15) is 0 Å². The smallest absolute Gasteiger partial charge is 0.310 e. The molecule has 3 nitrogen and oxygen atoms in total. The van der Waals surface area contributed by atoms with Crippen LogP contribution in [0.2, 0.25) is 0 Å². The van der Waals surface area contributed by atoms with Crippen LogP contribution in [-0.2, 0) is 28.8 Å². The first-order chi connectivity index (χ1) is 10.0. The lowest BCUT2D eigenvalue weighted by atomic mass is 9.90. The number of carbonyl (C=O) groups excluding carboxylic acids is 1. The maximum atomic E-state index is 12.0. The number of hydrogen-bond acceptors (Lipinski definition) is 2. The first-order valence-corrected chi connectivity index (χ1v) is 7.87. The molecule has 0 bridgehead atoms. The Kier molecular flexibility index (Phi) is 3.75. The Bertz CT molecular complexity index is 682. The molecule has 1 N–H and O–H groups in total. The van der Waals surface area contributed by atoms with E-state index in [4.69, 9.17) is 4.74 Å². The molecular formula is C18H23NO2. The Hall–Kier alpha value is -1.77. The Morgan fingerprint density at radius 1 is 1.24 bits per heavy atom. The molecule has 0 spiro atoms. The molecule has 1 heterocycles. The number of carbonyl (C=O) groups is 1. The molecule has 0 unspecified atom stereocenters. The van der Waals surface area contributed by atoms with E-state index in [1.54, 1.807) is 0 Å². The summed E-state index contributed by atoms with van der Waals surface area (Å²) < 4.78 is 5.29. The van der Waals surface area contributed by atoms with Gasteiger partial charge in [0.25, 0.3) is 0 Å². The molecule has 1 aliphatic carbocycles. The largest absolute Gasteiger partial charge is 0.463 e. The van der Waals surface area contributed by atoms with Crippen LogP contribution in [0.25, 0.3) is 10.9 Å². The summed E-state index contributed by atoms with van der Waals surface area (Å²) in [7, 11) is 0. The fraction of sp³-hybridized carbons (Fsp3) is 0.500. The van der Waals surface area contributed by atoms with Crippen LogP contribution in [0.5, 0.6) is 0 Å². The first kappa shape index (κ1) is 14.2. The van der Waals surface area contributed by atoms with Crippen LogP contribution in [0.4, 0.5) is 0 Å². The molecule has 112 valence electrons. The zero-order valence-electron chi connectivity index (χ0n) is 13.1. The number of ether oxygens (including phenoxy) is 1. The molecule has 0 amide bonds. The van der Waals surface area contributed by atoms with Crippen molar-refractivity contribution in [2.24, 2.45) is 0 Å². The number of rotatable bonds is 3. The highest BCUT2D eigenvalue weighted by atomic mass is 16.5. The summed E-state index contributed by atoms with van der Waals surface area (Å²) >= 11 is 0. The third kappa shape index (κ3) is 2.82. The fourth-order valence-corrected chi connectivity index (χ4v) is 3.29. The number of H-pyrrole nitrogens is 1. The average molecular weight is 285 g/mol. The van der Waals surface area contributed by atoms with E-state index in [0.717, 1.165) is 23.2 Å². The topological polar surface area (TPSA) is 42.1 Å². The summed E-state index contributed by atoms with van der Waals surface area (Å²) in [6.45, 7) is 5.81. The van der Waals surface area contributed by atoms with Crippen LogP contribution in [0.1, 0.15) is 49.1 Å². The second kappa shape index (κ2) is 5.55. The minimum absolute atomic E-state index is 0.0595. The average Bonchev–Trinajstić information content (AvgIpc) is 2.71. The van der Waals surface area contributed by atoms with E-state index in [1.807, 2.05) is 20.8 Å². The third-order valence-electron chi connectivity index (χ3n) is 4.27. The van der Waals surface area contributed by atoms with Gasteiger partial charge in [-0.25, -0.2) is 0 Å². The van der Waals surface area contributed by atoms with Gasteiger partial charge in [0.05, 0.1) is 12.5 Å². The molecule has 0 radical (unpaired) electrons. The fourth-order valence-electron chi connectivity index (χ4n) is 3.29. The summed E-state index contributed by atoms with van der Waals surface area (Å²) in [6, 6.07) is 4.55. The van der Waals surface area contributed by atoms with Crippen LogP contribution < -0.4 is 0 Å². The molecule has 1 aliphatic rings. The van der Waals surface area contributed by atoms with E-state index >= 15 is 0 Å². The van der Waals surface area contributed by atoms with Crippen LogP contribution in [-0.4, -0.2) is 17.1 Å². The zero-order valence-corrected chi connectivity index (χ0v) is 13.1. The number of esters is 1. The van der Waals surface area contributed by atoms with Gasteiger partial charge in [0, 0.05) is 16.6 Å². The van der Waals surface area contributed by atoms with Crippen molar-refractivity contribution in [3.8, 4) is 0 Å². The van der Waals surface area contributed by atoms with E-state index in [2.05, 4.69) is 17.1 Å². The van der Waals surface area contributed by atoms with Crippen LogP contribution in [0.15, 0.2) is 12.1 Å². The highest BCUT2D eigenvalue weighted by Gasteiger charge is 2.17. The van der Waals surface area contributed by atoms with Gasteiger partial charge in [-0.05, 0) is 75.3 Å². The van der Waals surface area contributed by atoms with Crippen molar-refractivity contribution < 1.29 is 9.53 Å². The first-order valence-electron chi connectivity index (χ1n) is 7.87. The van der Waals surface area contributed by atoms with Crippen molar-refractivity contribution in [1.82, 2.24) is 4.98 Å². The number of nitrogens with one attached hydrogen (secondary N) is 1. The number of aromatic amines is 1. The predicted molar refractivity (Wildman–Crippen MR) is 84.6 cm³/mol. The van der Waals surface area contributed by atoms with Gasteiger partial charge >= 0.3 is 5.97 Å². The lowest BCUT2D eigenvalue weighted by Crippen LogP contribution is -2.14. The molecule has 3 heteroatoms. The number of fused-ring (bicyclic) bond motifs is 2. The maximum Gasteiger partial charge on any atom is 0.310 e. The number of benzene rings is 1. The standard InChI is InChI=1S/C18H23NO2/c1-11(2)21-18(20)10-15-12(3)19-17-9-14-7-5-4-6-13(14)8-16(15)17/h8-9,11,19H,4-7,10H2,1-3H3. The lowest BCUT2D eigenvalue weighted by molar-refractivity contribution is -0.146.